The lowest BCUT2D eigenvalue weighted by atomic mass is 10.6. The fraction of sp³-hybridized carbons (Fsp3) is 0.500. The van der Waals surface area contributed by atoms with Crippen molar-refractivity contribution in [2.24, 2.45) is 0 Å². The van der Waals surface area contributed by atoms with Gasteiger partial charge in [-0.15, -0.1) is 5.10 Å². The van der Waals surface area contributed by atoms with Crippen LogP contribution in [0.25, 0.3) is 0 Å². The quantitative estimate of drug-likeness (QED) is 0.514. The second-order valence-electron chi connectivity index (χ2n) is 2.88. The van der Waals surface area contributed by atoms with Crippen molar-refractivity contribution in [3.63, 3.8) is 0 Å². The number of aliphatic carboxylic acids is 1. The number of carboxylic acid groups (broad SMARTS) is 1. The third-order valence-electron chi connectivity index (χ3n) is 1.64. The smallest absolute Gasteiger partial charge is 0.344 e. The van der Waals surface area contributed by atoms with Crippen LogP contribution in [0, 0.1) is 0 Å². The molecule has 0 aliphatic heterocycles. The third-order valence-corrected chi connectivity index (χ3v) is 2.60. The van der Waals surface area contributed by atoms with E-state index in [1.54, 1.807) is 6.92 Å². The predicted octanol–water partition coefficient (Wildman–Crippen LogP) is -0.689. The van der Waals surface area contributed by atoms with Crippen molar-refractivity contribution in [3.8, 4) is 0 Å². The minimum absolute atomic E-state index is 0.144. The van der Waals surface area contributed by atoms with Gasteiger partial charge >= 0.3 is 17.6 Å². The van der Waals surface area contributed by atoms with Gasteiger partial charge in [-0.1, -0.05) is 11.8 Å². The summed E-state index contributed by atoms with van der Waals surface area (Å²) in [6.45, 7) is 1.57. The highest BCUT2D eigenvalue weighted by molar-refractivity contribution is 7.99. The summed E-state index contributed by atoms with van der Waals surface area (Å²) in [5.74, 6) is -1.85. The van der Waals surface area contributed by atoms with E-state index in [1.165, 1.54) is 0 Å². The zero-order valence-corrected chi connectivity index (χ0v) is 9.82. The van der Waals surface area contributed by atoms with Crippen LogP contribution in [0.2, 0.25) is 0 Å². The molecular weight excluding hydrogens is 250 g/mol. The van der Waals surface area contributed by atoms with Gasteiger partial charge in [0.1, 0.15) is 6.54 Å². The van der Waals surface area contributed by atoms with Crippen LogP contribution in [-0.4, -0.2) is 44.2 Å². The maximum Gasteiger partial charge on any atom is 0.344 e. The van der Waals surface area contributed by atoms with Crippen LogP contribution in [0.3, 0.4) is 0 Å². The molecule has 2 N–H and O–H groups in total. The number of nitrogens with one attached hydrogen (secondary N) is 1. The predicted molar refractivity (Wildman–Crippen MR) is 57.8 cm³/mol. The van der Waals surface area contributed by atoms with Crippen LogP contribution < -0.4 is 5.69 Å². The first-order valence-electron chi connectivity index (χ1n) is 4.70. The Bertz CT molecular complexity index is 466. The Hall–Kier alpha value is -1.77. The molecule has 0 amide bonds. The molecule has 1 rings (SSSR count). The van der Waals surface area contributed by atoms with Gasteiger partial charge in [0.2, 0.25) is 0 Å². The molecule has 8 nitrogen and oxygen atoms in total. The fourth-order valence-corrected chi connectivity index (χ4v) is 1.68. The average Bonchev–Trinajstić information content (AvgIpc) is 2.58. The first-order valence-corrected chi connectivity index (χ1v) is 5.68. The van der Waals surface area contributed by atoms with Crippen LogP contribution in [0.5, 0.6) is 0 Å². The molecule has 0 spiro atoms. The molecule has 0 aromatic carbocycles. The van der Waals surface area contributed by atoms with E-state index in [1.807, 2.05) is 0 Å². The molecule has 17 heavy (non-hydrogen) atoms. The summed E-state index contributed by atoms with van der Waals surface area (Å²) in [6, 6.07) is 0. The Morgan fingerprint density at radius 2 is 2.29 bits per heavy atom. The summed E-state index contributed by atoms with van der Waals surface area (Å²) in [7, 11) is 0. The van der Waals surface area contributed by atoms with Gasteiger partial charge < -0.3 is 9.84 Å². The zero-order chi connectivity index (χ0) is 12.8. The molecule has 1 aromatic rings. The van der Waals surface area contributed by atoms with Crippen LogP contribution in [-0.2, 0) is 20.9 Å². The van der Waals surface area contributed by atoms with E-state index in [4.69, 9.17) is 5.11 Å². The average molecular weight is 261 g/mol. The van der Waals surface area contributed by atoms with Crippen molar-refractivity contribution < 1.29 is 19.4 Å². The Kier molecular flexibility index (Phi) is 4.76. The van der Waals surface area contributed by atoms with E-state index in [0.717, 1.165) is 16.3 Å². The number of hydrogen-bond acceptors (Lipinski definition) is 6. The largest absolute Gasteiger partial charge is 0.481 e. The van der Waals surface area contributed by atoms with E-state index in [-0.39, 0.29) is 24.1 Å². The summed E-state index contributed by atoms with van der Waals surface area (Å²) in [5, 5.41) is 14.4. The minimum Gasteiger partial charge on any atom is -0.481 e. The van der Waals surface area contributed by atoms with Crippen molar-refractivity contribution >= 4 is 23.7 Å². The number of hydrogen-bond donors (Lipinski definition) is 2. The second kappa shape index (κ2) is 6.09. The molecule has 1 heterocycles. The Morgan fingerprint density at radius 1 is 1.59 bits per heavy atom. The Morgan fingerprint density at radius 3 is 2.88 bits per heavy atom. The van der Waals surface area contributed by atoms with Gasteiger partial charge in [-0.3, -0.25) is 14.2 Å². The summed E-state index contributed by atoms with van der Waals surface area (Å²) >= 11 is 0.849. The third kappa shape index (κ3) is 3.94. The fourth-order valence-electron chi connectivity index (χ4n) is 1.01. The lowest BCUT2D eigenvalue weighted by Gasteiger charge is -2.03. The molecule has 1 aromatic heterocycles. The van der Waals surface area contributed by atoms with Gasteiger partial charge in [0, 0.05) is 0 Å². The Balaban J connectivity index is 2.76. The van der Waals surface area contributed by atoms with Crippen molar-refractivity contribution in [2.45, 2.75) is 18.6 Å². The summed E-state index contributed by atoms with van der Waals surface area (Å²) < 4.78 is 5.72. The van der Waals surface area contributed by atoms with Crippen LogP contribution in [0.4, 0.5) is 0 Å². The number of aromatic nitrogens is 3. The van der Waals surface area contributed by atoms with E-state index < -0.39 is 17.6 Å². The zero-order valence-electron chi connectivity index (χ0n) is 9.00. The molecule has 0 saturated heterocycles. The first-order chi connectivity index (χ1) is 8.04. The number of nitrogens with zero attached hydrogens (tertiary/aromatic N) is 2. The molecule has 9 heteroatoms. The number of rotatable bonds is 6. The van der Waals surface area contributed by atoms with Crippen molar-refractivity contribution in [1.29, 1.82) is 0 Å². The highest BCUT2D eigenvalue weighted by atomic mass is 32.2. The second-order valence-corrected chi connectivity index (χ2v) is 3.83. The van der Waals surface area contributed by atoms with Gasteiger partial charge in [0.25, 0.3) is 0 Å². The van der Waals surface area contributed by atoms with Gasteiger partial charge in [-0.25, -0.2) is 9.89 Å². The number of H-pyrrole nitrogens is 1. The number of carbonyl (C=O) groups excluding carboxylic acids is 1. The highest BCUT2D eigenvalue weighted by Gasteiger charge is 2.14. The lowest BCUT2D eigenvalue weighted by Crippen LogP contribution is -2.24. The van der Waals surface area contributed by atoms with Crippen molar-refractivity contribution in [1.82, 2.24) is 14.8 Å². The maximum atomic E-state index is 11.3. The lowest BCUT2D eigenvalue weighted by molar-refractivity contribution is -0.144. The molecule has 0 aliphatic rings. The number of esters is 1. The van der Waals surface area contributed by atoms with E-state index in [0.29, 0.717) is 0 Å². The van der Waals surface area contributed by atoms with Gasteiger partial charge in [0.05, 0.1) is 12.4 Å². The number of carbonyl (C=O) groups is 2. The number of ether oxygens (including phenoxy) is 1. The first kappa shape index (κ1) is 13.3. The molecule has 0 radical (unpaired) electrons. The van der Waals surface area contributed by atoms with Crippen LogP contribution >= 0.6 is 11.8 Å². The van der Waals surface area contributed by atoms with E-state index in [2.05, 4.69) is 14.9 Å². The molecule has 0 atom stereocenters. The SMILES string of the molecule is CCOC(=O)Cn1c(SCC(=O)O)n[nH]c1=O. The van der Waals surface area contributed by atoms with Gasteiger partial charge in [0.15, 0.2) is 5.16 Å². The van der Waals surface area contributed by atoms with Crippen molar-refractivity contribution in [3.05, 3.63) is 10.5 Å². The van der Waals surface area contributed by atoms with Crippen LogP contribution in [0.15, 0.2) is 9.95 Å². The molecule has 0 fully saturated rings. The summed E-state index contributed by atoms with van der Waals surface area (Å²) in [4.78, 5) is 32.9. The monoisotopic (exact) mass is 261 g/mol. The van der Waals surface area contributed by atoms with Crippen molar-refractivity contribution in [2.75, 3.05) is 12.4 Å². The molecule has 94 valence electrons. The van der Waals surface area contributed by atoms with Crippen LogP contribution in [0.1, 0.15) is 6.92 Å². The van der Waals surface area contributed by atoms with E-state index >= 15 is 0 Å². The number of aromatic amines is 1. The molecule has 0 aliphatic carbocycles. The number of carboxylic acids is 1. The molecular formula is C8H11N3O5S. The van der Waals surface area contributed by atoms with Gasteiger partial charge in [-0.2, -0.15) is 0 Å². The molecule has 0 unspecified atom stereocenters. The highest BCUT2D eigenvalue weighted by Crippen LogP contribution is 2.12. The maximum absolute atomic E-state index is 11.3. The van der Waals surface area contributed by atoms with Gasteiger partial charge in [-0.05, 0) is 6.92 Å². The van der Waals surface area contributed by atoms with E-state index in [9.17, 15) is 14.4 Å². The minimum atomic E-state index is -1.03. The summed E-state index contributed by atoms with van der Waals surface area (Å²) in [6.07, 6.45) is 0. The standard InChI is InChI=1S/C8H11N3O5S/c1-2-16-6(14)3-11-7(15)9-10-8(11)17-4-5(12)13/h2-4H2,1H3,(H,9,15)(H,12,13). The normalized spacial score (nSPS) is 10.2. The number of thioether (sulfide) groups is 1. The molecule has 0 bridgehead atoms. The Labute approximate surface area is 100.0 Å². The topological polar surface area (TPSA) is 114 Å². The molecule has 0 saturated carbocycles. The summed E-state index contributed by atoms with van der Waals surface area (Å²) in [5.41, 5.74) is -0.578.